The minimum atomic E-state index is -0.441. The summed E-state index contributed by atoms with van der Waals surface area (Å²) in [4.78, 5) is 10.6. The Bertz CT molecular complexity index is 472. The Labute approximate surface area is 118 Å². The van der Waals surface area contributed by atoms with Crippen molar-refractivity contribution >= 4 is 5.69 Å². The fourth-order valence-electron chi connectivity index (χ4n) is 2.22. The van der Waals surface area contributed by atoms with Crippen molar-refractivity contribution in [2.75, 3.05) is 13.7 Å². The summed E-state index contributed by atoms with van der Waals surface area (Å²) < 4.78 is 10.7. The average Bonchev–Trinajstić information content (AvgIpc) is 2.41. The van der Waals surface area contributed by atoms with Crippen molar-refractivity contribution in [3.05, 3.63) is 28.3 Å². The summed E-state index contributed by atoms with van der Waals surface area (Å²) in [5.41, 5.74) is -0.0469. The van der Waals surface area contributed by atoms with Gasteiger partial charge in [-0.2, -0.15) is 0 Å². The molecule has 0 bridgehead atoms. The van der Waals surface area contributed by atoms with E-state index in [9.17, 15) is 10.1 Å². The molecule has 1 N–H and O–H groups in total. The highest BCUT2D eigenvalue weighted by Gasteiger charge is 2.32. The molecule has 1 saturated carbocycles. The molecule has 0 aromatic heterocycles. The van der Waals surface area contributed by atoms with Gasteiger partial charge in [-0.05, 0) is 37.9 Å². The Hall–Kier alpha value is -1.82. The van der Waals surface area contributed by atoms with E-state index in [4.69, 9.17) is 9.47 Å². The van der Waals surface area contributed by atoms with Gasteiger partial charge < -0.3 is 14.8 Å². The molecule has 6 heteroatoms. The van der Waals surface area contributed by atoms with E-state index in [1.54, 1.807) is 12.1 Å². The molecule has 0 atom stereocenters. The summed E-state index contributed by atoms with van der Waals surface area (Å²) in [5, 5.41) is 14.4. The van der Waals surface area contributed by atoms with Crippen molar-refractivity contribution in [1.29, 1.82) is 0 Å². The monoisotopic (exact) mass is 280 g/mol. The third-order valence-electron chi connectivity index (χ3n) is 3.43. The highest BCUT2D eigenvalue weighted by molar-refractivity contribution is 5.51. The van der Waals surface area contributed by atoms with Gasteiger partial charge in [0.1, 0.15) is 11.9 Å². The van der Waals surface area contributed by atoms with Gasteiger partial charge in [0.05, 0.1) is 18.1 Å². The summed E-state index contributed by atoms with van der Waals surface area (Å²) >= 11 is 0. The van der Waals surface area contributed by atoms with Gasteiger partial charge in [-0.1, -0.05) is 6.92 Å². The van der Waals surface area contributed by atoms with Gasteiger partial charge in [0.25, 0.3) is 0 Å². The molecule has 0 amide bonds. The van der Waals surface area contributed by atoms with E-state index in [1.807, 2.05) is 0 Å². The van der Waals surface area contributed by atoms with E-state index in [-0.39, 0.29) is 11.8 Å². The van der Waals surface area contributed by atoms with E-state index in [1.165, 1.54) is 13.2 Å². The predicted octanol–water partition coefficient (Wildman–Crippen LogP) is 2.51. The SMILES string of the molecule is CCCNC1CC(Oc2ccc(OC)cc2[N+](=O)[O-])C1. The third kappa shape index (κ3) is 3.39. The summed E-state index contributed by atoms with van der Waals surface area (Å²) in [6.07, 6.45) is 2.94. The first-order valence-electron chi connectivity index (χ1n) is 6.86. The van der Waals surface area contributed by atoms with Crippen LogP contribution >= 0.6 is 0 Å². The molecule has 0 saturated heterocycles. The highest BCUT2D eigenvalue weighted by atomic mass is 16.6. The third-order valence-corrected chi connectivity index (χ3v) is 3.43. The Balaban J connectivity index is 1.95. The number of hydrogen-bond acceptors (Lipinski definition) is 5. The quantitative estimate of drug-likeness (QED) is 0.613. The van der Waals surface area contributed by atoms with Crippen LogP contribution in [0.2, 0.25) is 0 Å². The number of hydrogen-bond donors (Lipinski definition) is 1. The molecule has 2 rings (SSSR count). The van der Waals surface area contributed by atoms with Crippen LogP contribution in [0.3, 0.4) is 0 Å². The van der Waals surface area contributed by atoms with Crippen molar-refractivity contribution < 1.29 is 14.4 Å². The van der Waals surface area contributed by atoms with Crippen LogP contribution in [0.15, 0.2) is 18.2 Å². The van der Waals surface area contributed by atoms with E-state index < -0.39 is 4.92 Å². The molecule has 1 aliphatic rings. The van der Waals surface area contributed by atoms with Crippen LogP contribution in [-0.4, -0.2) is 30.7 Å². The Morgan fingerprint density at radius 3 is 2.80 bits per heavy atom. The van der Waals surface area contributed by atoms with Crippen LogP contribution in [0.4, 0.5) is 5.69 Å². The normalized spacial score (nSPS) is 21.1. The van der Waals surface area contributed by atoms with Crippen molar-refractivity contribution in [1.82, 2.24) is 5.32 Å². The van der Waals surface area contributed by atoms with Crippen molar-refractivity contribution in [3.8, 4) is 11.5 Å². The molecule has 0 unspecified atom stereocenters. The number of nitrogens with zero attached hydrogens (tertiary/aromatic N) is 1. The first-order valence-corrected chi connectivity index (χ1v) is 6.86. The lowest BCUT2D eigenvalue weighted by atomic mass is 9.89. The van der Waals surface area contributed by atoms with Gasteiger partial charge in [-0.3, -0.25) is 10.1 Å². The Morgan fingerprint density at radius 2 is 2.20 bits per heavy atom. The van der Waals surface area contributed by atoms with Crippen LogP contribution in [0, 0.1) is 10.1 Å². The second kappa shape index (κ2) is 6.56. The van der Waals surface area contributed by atoms with E-state index in [0.29, 0.717) is 17.5 Å². The molecule has 0 spiro atoms. The van der Waals surface area contributed by atoms with E-state index in [0.717, 1.165) is 25.8 Å². The first-order chi connectivity index (χ1) is 9.63. The van der Waals surface area contributed by atoms with Gasteiger partial charge in [-0.25, -0.2) is 0 Å². The molecule has 0 aliphatic heterocycles. The number of methoxy groups -OCH3 is 1. The maximum atomic E-state index is 11.0. The predicted molar refractivity (Wildman–Crippen MR) is 75.4 cm³/mol. The maximum absolute atomic E-state index is 11.0. The minimum Gasteiger partial charge on any atom is -0.496 e. The second-order valence-corrected chi connectivity index (χ2v) is 4.95. The molecule has 1 aromatic rings. The van der Waals surface area contributed by atoms with Gasteiger partial charge in [0.2, 0.25) is 0 Å². The lowest BCUT2D eigenvalue weighted by molar-refractivity contribution is -0.386. The zero-order valence-corrected chi connectivity index (χ0v) is 11.8. The largest absolute Gasteiger partial charge is 0.496 e. The molecular formula is C14H20N2O4. The first kappa shape index (κ1) is 14.6. The molecule has 20 heavy (non-hydrogen) atoms. The van der Waals surface area contributed by atoms with Gasteiger partial charge >= 0.3 is 5.69 Å². The maximum Gasteiger partial charge on any atom is 0.314 e. The second-order valence-electron chi connectivity index (χ2n) is 4.95. The number of benzene rings is 1. The smallest absolute Gasteiger partial charge is 0.314 e. The molecule has 1 aromatic carbocycles. The van der Waals surface area contributed by atoms with E-state index in [2.05, 4.69) is 12.2 Å². The zero-order chi connectivity index (χ0) is 14.5. The average molecular weight is 280 g/mol. The molecule has 1 fully saturated rings. The molecule has 0 heterocycles. The molecule has 0 radical (unpaired) electrons. The Kier molecular flexibility index (Phi) is 4.79. The van der Waals surface area contributed by atoms with Crippen molar-refractivity contribution in [3.63, 3.8) is 0 Å². The number of nitrogens with one attached hydrogen (secondary N) is 1. The highest BCUT2D eigenvalue weighted by Crippen LogP contribution is 2.34. The minimum absolute atomic E-state index is 0.0469. The standard InChI is InChI=1S/C14H20N2O4/c1-3-6-15-10-7-12(8-10)20-14-5-4-11(19-2)9-13(14)16(17)18/h4-5,9-10,12,15H,3,6-8H2,1-2H3. The summed E-state index contributed by atoms with van der Waals surface area (Å²) in [6, 6.07) is 5.13. The van der Waals surface area contributed by atoms with Crippen LogP contribution < -0.4 is 14.8 Å². The number of ether oxygens (including phenoxy) is 2. The Morgan fingerprint density at radius 1 is 1.45 bits per heavy atom. The topological polar surface area (TPSA) is 73.6 Å². The number of rotatable bonds is 7. The summed E-state index contributed by atoms with van der Waals surface area (Å²) in [5.74, 6) is 0.773. The fraction of sp³-hybridized carbons (Fsp3) is 0.571. The molecule has 1 aliphatic carbocycles. The van der Waals surface area contributed by atoms with Crippen molar-refractivity contribution in [2.24, 2.45) is 0 Å². The van der Waals surface area contributed by atoms with Crippen LogP contribution in [0.25, 0.3) is 0 Å². The van der Waals surface area contributed by atoms with Gasteiger partial charge in [0, 0.05) is 6.04 Å². The van der Waals surface area contributed by atoms with Gasteiger partial charge in [0.15, 0.2) is 5.75 Å². The number of nitro benzene ring substituents is 1. The fourth-order valence-corrected chi connectivity index (χ4v) is 2.22. The summed E-state index contributed by atoms with van der Waals surface area (Å²) in [7, 11) is 1.48. The lowest BCUT2D eigenvalue weighted by Crippen LogP contribution is -2.47. The zero-order valence-electron chi connectivity index (χ0n) is 11.8. The number of nitro groups is 1. The lowest BCUT2D eigenvalue weighted by Gasteiger charge is -2.35. The van der Waals surface area contributed by atoms with Gasteiger partial charge in [-0.15, -0.1) is 0 Å². The molecule has 6 nitrogen and oxygen atoms in total. The van der Waals surface area contributed by atoms with Crippen LogP contribution in [0.5, 0.6) is 11.5 Å². The summed E-state index contributed by atoms with van der Waals surface area (Å²) in [6.45, 7) is 3.13. The van der Waals surface area contributed by atoms with Crippen LogP contribution in [-0.2, 0) is 0 Å². The molecule has 110 valence electrons. The van der Waals surface area contributed by atoms with Crippen LogP contribution in [0.1, 0.15) is 26.2 Å². The van der Waals surface area contributed by atoms with Crippen molar-refractivity contribution in [2.45, 2.75) is 38.3 Å². The van der Waals surface area contributed by atoms with E-state index >= 15 is 0 Å². The molecular weight excluding hydrogens is 260 g/mol.